The van der Waals surface area contributed by atoms with Crippen molar-refractivity contribution in [1.29, 1.82) is 0 Å². The van der Waals surface area contributed by atoms with Gasteiger partial charge in [-0.1, -0.05) is 60.6 Å². The third-order valence-electron chi connectivity index (χ3n) is 4.93. The largest absolute Gasteiger partial charge is 0.346 e. The van der Waals surface area contributed by atoms with E-state index in [0.717, 1.165) is 38.7 Å². The van der Waals surface area contributed by atoms with Crippen LogP contribution in [0.1, 0.15) is 47.8 Å². The first-order valence-corrected chi connectivity index (χ1v) is 10.8. The number of aliphatic imine (C=N–C) groups is 1. The number of fused-ring (bicyclic) bond motifs is 2. The van der Waals surface area contributed by atoms with Gasteiger partial charge in [0.15, 0.2) is 0 Å². The number of hydrogen-bond donors (Lipinski definition) is 1. The average Bonchev–Trinajstić information content (AvgIpc) is 2.89. The van der Waals surface area contributed by atoms with Gasteiger partial charge in [0, 0.05) is 31.7 Å². The van der Waals surface area contributed by atoms with Crippen molar-refractivity contribution in [1.82, 2.24) is 5.32 Å². The normalized spacial score (nSPS) is 13.6. The minimum Gasteiger partial charge on any atom is -0.346 e. The lowest BCUT2D eigenvalue weighted by atomic mass is 10.1. The van der Waals surface area contributed by atoms with E-state index >= 15 is 0 Å². The van der Waals surface area contributed by atoms with Crippen molar-refractivity contribution < 1.29 is 4.79 Å². The fourth-order valence-corrected chi connectivity index (χ4v) is 4.52. The molecule has 1 heterocycles. The van der Waals surface area contributed by atoms with Crippen LogP contribution >= 0.6 is 23.4 Å². The quantitative estimate of drug-likeness (QED) is 0.502. The highest BCUT2D eigenvalue weighted by molar-refractivity contribution is 7.99. The van der Waals surface area contributed by atoms with Crippen LogP contribution in [0.15, 0.2) is 81.5 Å². The molecule has 3 aromatic rings. The molecule has 5 heteroatoms. The van der Waals surface area contributed by atoms with E-state index in [4.69, 9.17) is 16.6 Å². The second-order valence-corrected chi connectivity index (χ2v) is 8.46. The summed E-state index contributed by atoms with van der Waals surface area (Å²) in [6, 6.07) is 21.5. The SMILES string of the molecule is CCC1=Nc2cc(C(=O)N[C@@H](C)c3ccccc3)ccc2Sc2ccc(Cl)cc21. The Balaban J connectivity index is 1.64. The summed E-state index contributed by atoms with van der Waals surface area (Å²) in [7, 11) is 0. The van der Waals surface area contributed by atoms with Gasteiger partial charge in [0.1, 0.15) is 0 Å². The average molecular weight is 421 g/mol. The van der Waals surface area contributed by atoms with Crippen molar-refractivity contribution in [2.45, 2.75) is 36.1 Å². The highest BCUT2D eigenvalue weighted by Crippen LogP contribution is 2.41. The molecule has 29 heavy (non-hydrogen) atoms. The Morgan fingerprint density at radius 2 is 1.83 bits per heavy atom. The number of benzene rings is 3. The smallest absolute Gasteiger partial charge is 0.251 e. The summed E-state index contributed by atoms with van der Waals surface area (Å²) >= 11 is 7.87. The third-order valence-corrected chi connectivity index (χ3v) is 6.31. The monoisotopic (exact) mass is 420 g/mol. The summed E-state index contributed by atoms with van der Waals surface area (Å²) < 4.78 is 0. The van der Waals surface area contributed by atoms with Gasteiger partial charge in [-0.3, -0.25) is 9.79 Å². The number of hydrogen-bond acceptors (Lipinski definition) is 3. The zero-order valence-electron chi connectivity index (χ0n) is 16.3. The highest BCUT2D eigenvalue weighted by Gasteiger charge is 2.19. The molecule has 1 aliphatic rings. The zero-order chi connectivity index (χ0) is 20.4. The lowest BCUT2D eigenvalue weighted by Gasteiger charge is -2.15. The molecule has 0 bridgehead atoms. The summed E-state index contributed by atoms with van der Waals surface area (Å²) in [6.45, 7) is 4.07. The summed E-state index contributed by atoms with van der Waals surface area (Å²) in [6.07, 6.45) is 0.787. The zero-order valence-corrected chi connectivity index (χ0v) is 17.8. The Labute approximate surface area is 180 Å². The van der Waals surface area contributed by atoms with Gasteiger partial charge in [0.25, 0.3) is 5.91 Å². The molecule has 0 radical (unpaired) electrons. The van der Waals surface area contributed by atoms with Crippen molar-refractivity contribution in [3.05, 3.63) is 88.4 Å². The van der Waals surface area contributed by atoms with E-state index in [1.54, 1.807) is 11.8 Å². The fourth-order valence-electron chi connectivity index (χ4n) is 3.35. The van der Waals surface area contributed by atoms with E-state index in [1.165, 1.54) is 0 Å². The van der Waals surface area contributed by atoms with Gasteiger partial charge in [-0.05, 0) is 55.3 Å². The van der Waals surface area contributed by atoms with Crippen molar-refractivity contribution >= 4 is 40.7 Å². The molecule has 0 fully saturated rings. The number of amides is 1. The number of halogens is 1. The molecule has 146 valence electrons. The Morgan fingerprint density at radius 1 is 1.07 bits per heavy atom. The standard InChI is InChI=1S/C24H21ClN2OS/c1-3-20-19-14-18(25)10-12-22(19)29-23-11-9-17(13-21(23)27-20)24(28)26-15(2)16-7-5-4-6-8-16/h4-15H,3H2,1-2H3,(H,26,28)/t15-/m0/s1. The first kappa shape index (κ1) is 19.7. The number of rotatable bonds is 4. The van der Waals surface area contributed by atoms with Crippen LogP contribution in [-0.2, 0) is 0 Å². The Bertz CT molecular complexity index is 1100. The van der Waals surface area contributed by atoms with Crippen LogP contribution in [0, 0.1) is 0 Å². The van der Waals surface area contributed by atoms with E-state index in [-0.39, 0.29) is 11.9 Å². The van der Waals surface area contributed by atoms with Gasteiger partial charge in [-0.2, -0.15) is 0 Å². The maximum atomic E-state index is 12.8. The summed E-state index contributed by atoms with van der Waals surface area (Å²) in [5.74, 6) is -0.104. The van der Waals surface area contributed by atoms with Gasteiger partial charge >= 0.3 is 0 Å². The molecule has 4 rings (SSSR count). The molecule has 0 saturated heterocycles. The first-order chi connectivity index (χ1) is 14.0. The summed E-state index contributed by atoms with van der Waals surface area (Å²) in [4.78, 5) is 19.9. The van der Waals surface area contributed by atoms with Crippen LogP contribution in [0.4, 0.5) is 5.69 Å². The number of nitrogens with zero attached hydrogens (tertiary/aromatic N) is 1. The van der Waals surface area contributed by atoms with E-state index in [1.807, 2.05) is 73.7 Å². The fraction of sp³-hybridized carbons (Fsp3) is 0.167. The molecule has 0 saturated carbocycles. The van der Waals surface area contributed by atoms with Crippen LogP contribution in [0.25, 0.3) is 0 Å². The molecule has 1 amide bonds. The second kappa shape index (κ2) is 8.44. The summed E-state index contributed by atoms with van der Waals surface area (Å²) in [5, 5.41) is 3.77. The maximum absolute atomic E-state index is 12.8. The number of carbonyl (C=O) groups is 1. The van der Waals surface area contributed by atoms with Crippen molar-refractivity contribution in [3.8, 4) is 0 Å². The van der Waals surface area contributed by atoms with Crippen molar-refractivity contribution in [3.63, 3.8) is 0 Å². The lowest BCUT2D eigenvalue weighted by Crippen LogP contribution is -2.26. The molecule has 0 aliphatic carbocycles. The maximum Gasteiger partial charge on any atom is 0.251 e. The topological polar surface area (TPSA) is 41.5 Å². The molecule has 0 unspecified atom stereocenters. The predicted molar refractivity (Wildman–Crippen MR) is 121 cm³/mol. The van der Waals surface area contributed by atoms with Crippen molar-refractivity contribution in [2.24, 2.45) is 4.99 Å². The Kier molecular flexibility index (Phi) is 5.74. The predicted octanol–water partition coefficient (Wildman–Crippen LogP) is 6.83. The molecular formula is C24H21ClN2OS. The van der Waals surface area contributed by atoms with Crippen LogP contribution < -0.4 is 5.32 Å². The molecule has 1 aliphatic heterocycles. The van der Waals surface area contributed by atoms with E-state index in [9.17, 15) is 4.79 Å². The third kappa shape index (κ3) is 4.24. The van der Waals surface area contributed by atoms with Crippen LogP contribution in [0.5, 0.6) is 0 Å². The second-order valence-electron chi connectivity index (χ2n) is 6.94. The van der Waals surface area contributed by atoms with Gasteiger partial charge in [-0.25, -0.2) is 0 Å². The molecule has 0 spiro atoms. The number of carbonyl (C=O) groups excluding carboxylic acids is 1. The minimum absolute atomic E-state index is 0.0713. The first-order valence-electron chi connectivity index (χ1n) is 9.60. The van der Waals surface area contributed by atoms with Gasteiger partial charge in [0.2, 0.25) is 0 Å². The van der Waals surface area contributed by atoms with Crippen molar-refractivity contribution in [2.75, 3.05) is 0 Å². The molecule has 1 atom stereocenters. The van der Waals surface area contributed by atoms with E-state index in [2.05, 4.69) is 12.2 Å². The number of nitrogens with one attached hydrogen (secondary N) is 1. The molecule has 0 aromatic heterocycles. The summed E-state index contributed by atoms with van der Waals surface area (Å²) in [5.41, 5.74) is 4.54. The molecule has 3 nitrogen and oxygen atoms in total. The van der Waals surface area contributed by atoms with Crippen LogP contribution in [0.3, 0.4) is 0 Å². The molecular weight excluding hydrogens is 400 g/mol. The van der Waals surface area contributed by atoms with E-state index in [0.29, 0.717) is 10.6 Å². The Hall–Kier alpha value is -2.56. The highest BCUT2D eigenvalue weighted by atomic mass is 35.5. The van der Waals surface area contributed by atoms with E-state index < -0.39 is 0 Å². The molecule has 1 N–H and O–H groups in total. The lowest BCUT2D eigenvalue weighted by molar-refractivity contribution is 0.0940. The van der Waals surface area contributed by atoms with Gasteiger partial charge in [0.05, 0.1) is 11.7 Å². The molecule has 3 aromatic carbocycles. The van der Waals surface area contributed by atoms with Gasteiger partial charge < -0.3 is 5.32 Å². The van der Waals surface area contributed by atoms with Crippen LogP contribution in [-0.4, -0.2) is 11.6 Å². The Morgan fingerprint density at radius 3 is 2.59 bits per heavy atom. The van der Waals surface area contributed by atoms with Gasteiger partial charge in [-0.15, -0.1) is 0 Å². The minimum atomic E-state index is -0.104. The van der Waals surface area contributed by atoms with Crippen LogP contribution in [0.2, 0.25) is 5.02 Å².